The van der Waals surface area contributed by atoms with Crippen LogP contribution in [0.5, 0.6) is 0 Å². The van der Waals surface area contributed by atoms with Crippen LogP contribution in [0.3, 0.4) is 0 Å². The Kier molecular flexibility index (Phi) is 6.35. The third-order valence-corrected chi connectivity index (χ3v) is 4.06. The van der Waals surface area contributed by atoms with Crippen LogP contribution in [0.4, 0.5) is 0 Å². The number of carbonyl (C=O) groups is 2. The van der Waals surface area contributed by atoms with Crippen molar-refractivity contribution in [2.24, 2.45) is 0 Å². The van der Waals surface area contributed by atoms with Crippen molar-refractivity contribution in [3.8, 4) is 0 Å². The van der Waals surface area contributed by atoms with E-state index in [-0.39, 0.29) is 0 Å². The molecule has 0 radical (unpaired) electrons. The van der Waals surface area contributed by atoms with E-state index in [2.05, 4.69) is 0 Å². The quantitative estimate of drug-likeness (QED) is 0.249. The lowest BCUT2D eigenvalue weighted by Gasteiger charge is -2.47. The van der Waals surface area contributed by atoms with Gasteiger partial charge in [-0.05, 0) is 13.8 Å². The molecule has 0 spiro atoms. The van der Waals surface area contributed by atoms with Crippen LogP contribution in [0, 0.1) is 0 Å². The molecule has 0 bridgehead atoms. The first kappa shape index (κ1) is 20.1. The summed E-state index contributed by atoms with van der Waals surface area (Å²) in [6.07, 6.45) is -13.6. The Morgan fingerprint density at radius 3 is 2.00 bits per heavy atom. The van der Waals surface area contributed by atoms with Gasteiger partial charge in [0.1, 0.15) is 42.7 Å². The van der Waals surface area contributed by atoms with Gasteiger partial charge in [0.2, 0.25) is 0 Å². The number of hydrogen-bond acceptors (Lipinski definition) is 10. The monoisotopic (exact) mass is 338 g/mol. The van der Waals surface area contributed by atoms with E-state index in [4.69, 9.17) is 9.84 Å². The summed E-state index contributed by atoms with van der Waals surface area (Å²) < 4.78 is 5.04. The molecular formula is C13H22O10. The normalized spacial score (nSPS) is 36.8. The molecule has 7 N–H and O–H groups in total. The molecule has 1 saturated heterocycles. The van der Waals surface area contributed by atoms with Gasteiger partial charge in [-0.3, -0.25) is 9.59 Å². The van der Waals surface area contributed by atoms with Gasteiger partial charge in [-0.2, -0.15) is 0 Å². The molecule has 8 atom stereocenters. The maximum atomic E-state index is 11.8. The van der Waals surface area contributed by atoms with Crippen molar-refractivity contribution in [2.45, 2.75) is 62.2 Å². The molecule has 23 heavy (non-hydrogen) atoms. The molecule has 1 fully saturated rings. The molecule has 0 aliphatic carbocycles. The Hall–Kier alpha value is -0.980. The summed E-state index contributed by atoms with van der Waals surface area (Å²) in [5.74, 6) is -2.11. The Morgan fingerprint density at radius 2 is 1.61 bits per heavy atom. The van der Waals surface area contributed by atoms with Crippen molar-refractivity contribution in [3.63, 3.8) is 0 Å². The lowest BCUT2D eigenvalue weighted by molar-refractivity contribution is -0.282. The van der Waals surface area contributed by atoms with E-state index in [1.54, 1.807) is 0 Å². The highest BCUT2D eigenvalue weighted by Crippen LogP contribution is 2.32. The summed E-state index contributed by atoms with van der Waals surface area (Å²) in [6, 6.07) is 0. The second kappa shape index (κ2) is 7.28. The van der Waals surface area contributed by atoms with Gasteiger partial charge in [0, 0.05) is 0 Å². The first-order valence-corrected chi connectivity index (χ1v) is 6.90. The number of carbonyl (C=O) groups excluding carboxylic acids is 2. The van der Waals surface area contributed by atoms with Crippen molar-refractivity contribution >= 4 is 11.6 Å². The smallest absolute Gasteiger partial charge is 0.180 e. The van der Waals surface area contributed by atoms with Gasteiger partial charge in [-0.25, -0.2) is 0 Å². The van der Waals surface area contributed by atoms with Gasteiger partial charge in [0.15, 0.2) is 17.2 Å². The highest BCUT2D eigenvalue weighted by atomic mass is 16.6. The number of Topliss-reactive ketones (excluding diaryl/α,β-unsaturated/α-hetero) is 2. The second-order valence-electron chi connectivity index (χ2n) is 5.63. The third-order valence-electron chi connectivity index (χ3n) is 4.06. The zero-order valence-corrected chi connectivity index (χ0v) is 12.6. The third kappa shape index (κ3) is 3.44. The van der Waals surface area contributed by atoms with E-state index in [0.717, 1.165) is 13.8 Å². The van der Waals surface area contributed by atoms with E-state index in [0.29, 0.717) is 0 Å². The molecule has 1 rings (SSSR count). The molecule has 3 unspecified atom stereocenters. The zero-order chi connectivity index (χ0) is 18.1. The zero-order valence-electron chi connectivity index (χ0n) is 12.6. The summed E-state index contributed by atoms with van der Waals surface area (Å²) >= 11 is 0. The molecule has 1 aliphatic heterocycles. The van der Waals surface area contributed by atoms with E-state index in [1.807, 2.05) is 0 Å². The summed E-state index contributed by atoms with van der Waals surface area (Å²) in [4.78, 5) is 23.0. The van der Waals surface area contributed by atoms with E-state index < -0.39 is 66.5 Å². The summed E-state index contributed by atoms with van der Waals surface area (Å²) in [5.41, 5.74) is -2.96. The minimum absolute atomic E-state index is 0.817. The molecule has 134 valence electrons. The molecular weight excluding hydrogens is 316 g/mol. The van der Waals surface area contributed by atoms with Crippen LogP contribution in [0.15, 0.2) is 0 Å². The van der Waals surface area contributed by atoms with Crippen LogP contribution in [0.1, 0.15) is 13.8 Å². The Bertz CT molecular complexity index is 452. The number of ketones is 2. The van der Waals surface area contributed by atoms with Crippen LogP contribution < -0.4 is 0 Å². The van der Waals surface area contributed by atoms with E-state index in [1.165, 1.54) is 0 Å². The average Bonchev–Trinajstić information content (AvgIpc) is 2.50. The van der Waals surface area contributed by atoms with Gasteiger partial charge >= 0.3 is 0 Å². The van der Waals surface area contributed by atoms with E-state index >= 15 is 0 Å². The van der Waals surface area contributed by atoms with Crippen LogP contribution in [-0.2, 0) is 14.3 Å². The maximum absolute atomic E-state index is 11.8. The van der Waals surface area contributed by atoms with Crippen LogP contribution in [0.25, 0.3) is 0 Å². The van der Waals surface area contributed by atoms with Crippen LogP contribution in [-0.4, -0.2) is 102 Å². The standard InChI is InChI=1S/C13H22O10/c1-4(15)7(17)11(21)13(22,5(2)16)12-10(20)9(19)8(18)6(3-14)23-12/h6-12,14,17-22H,3H2,1-2H3/t6-,7?,8-,9+,10-,11?,12-,13?/m1/s1. The number of hydrogen-bond donors (Lipinski definition) is 7. The molecule has 10 nitrogen and oxygen atoms in total. The Labute approximate surface area is 131 Å². The van der Waals surface area contributed by atoms with Crippen molar-refractivity contribution in [1.82, 2.24) is 0 Å². The van der Waals surface area contributed by atoms with Gasteiger partial charge in [-0.1, -0.05) is 0 Å². The van der Waals surface area contributed by atoms with Crippen molar-refractivity contribution < 1.29 is 50.1 Å². The van der Waals surface area contributed by atoms with Gasteiger partial charge < -0.3 is 40.5 Å². The SMILES string of the molecule is CC(=O)C(O)C(O)C(O)(C(C)=O)[C@@H]1O[C@H](CO)[C@@H](O)[C@H](O)[C@H]1O. The molecule has 10 heteroatoms. The molecule has 0 aromatic carbocycles. The van der Waals surface area contributed by atoms with Crippen molar-refractivity contribution in [2.75, 3.05) is 6.61 Å². The average molecular weight is 338 g/mol. The van der Waals surface area contributed by atoms with Crippen molar-refractivity contribution in [3.05, 3.63) is 0 Å². The molecule has 1 heterocycles. The highest BCUT2D eigenvalue weighted by molar-refractivity contribution is 5.89. The minimum atomic E-state index is -2.96. The minimum Gasteiger partial charge on any atom is -0.394 e. The molecule has 0 amide bonds. The van der Waals surface area contributed by atoms with Gasteiger partial charge in [-0.15, -0.1) is 0 Å². The Morgan fingerprint density at radius 1 is 1.09 bits per heavy atom. The molecule has 0 aromatic rings. The largest absolute Gasteiger partial charge is 0.394 e. The second-order valence-corrected chi connectivity index (χ2v) is 5.63. The fourth-order valence-electron chi connectivity index (χ4n) is 2.51. The first-order chi connectivity index (χ1) is 10.5. The fraction of sp³-hybridized carbons (Fsp3) is 0.846. The number of aliphatic hydroxyl groups excluding tert-OH is 6. The molecule has 0 saturated carbocycles. The number of ether oxygens (including phenoxy) is 1. The highest BCUT2D eigenvalue weighted by Gasteiger charge is 2.59. The predicted molar refractivity (Wildman–Crippen MR) is 72.1 cm³/mol. The van der Waals surface area contributed by atoms with Gasteiger partial charge in [0.25, 0.3) is 0 Å². The lowest BCUT2D eigenvalue weighted by atomic mass is 9.77. The number of rotatable bonds is 6. The van der Waals surface area contributed by atoms with Crippen molar-refractivity contribution in [1.29, 1.82) is 0 Å². The summed E-state index contributed by atoms with van der Waals surface area (Å²) in [7, 11) is 0. The predicted octanol–water partition coefficient (Wildman–Crippen LogP) is -4.54. The summed E-state index contributed by atoms with van der Waals surface area (Å²) in [5, 5.41) is 68.7. The Balaban J connectivity index is 3.27. The lowest BCUT2D eigenvalue weighted by Crippen LogP contribution is -2.72. The topological polar surface area (TPSA) is 185 Å². The van der Waals surface area contributed by atoms with Crippen LogP contribution in [0.2, 0.25) is 0 Å². The fourth-order valence-corrected chi connectivity index (χ4v) is 2.51. The summed E-state index contributed by atoms with van der Waals surface area (Å²) in [6.45, 7) is 0.903. The first-order valence-electron chi connectivity index (χ1n) is 6.90. The number of aliphatic hydroxyl groups is 7. The molecule has 0 aromatic heterocycles. The van der Waals surface area contributed by atoms with Gasteiger partial charge in [0.05, 0.1) is 6.61 Å². The van der Waals surface area contributed by atoms with E-state index in [9.17, 15) is 40.2 Å². The van der Waals surface area contributed by atoms with Crippen LogP contribution >= 0.6 is 0 Å². The maximum Gasteiger partial charge on any atom is 0.180 e. The molecule has 1 aliphatic rings.